The van der Waals surface area contributed by atoms with Gasteiger partial charge in [-0.3, -0.25) is 4.99 Å². The molecule has 0 radical (unpaired) electrons. The minimum Gasteiger partial charge on any atom is -0.612 e. The van der Waals surface area contributed by atoms with E-state index >= 15 is 0 Å². The predicted octanol–water partition coefficient (Wildman–Crippen LogP) is 2.42. The van der Waals surface area contributed by atoms with Gasteiger partial charge in [-0.15, -0.1) is 0 Å². The first-order valence-electron chi connectivity index (χ1n) is 7.97. The largest absolute Gasteiger partial charge is 0.612 e. The lowest BCUT2D eigenvalue weighted by Crippen LogP contribution is -2.23. The van der Waals surface area contributed by atoms with E-state index in [2.05, 4.69) is 15.8 Å². The molecule has 8 heteroatoms. The van der Waals surface area contributed by atoms with Gasteiger partial charge in [-0.2, -0.15) is 4.90 Å². The van der Waals surface area contributed by atoms with Gasteiger partial charge in [0, 0.05) is 34.9 Å². The summed E-state index contributed by atoms with van der Waals surface area (Å²) in [6.45, 7) is 1.43. The third-order valence-corrected chi connectivity index (χ3v) is 4.37. The van der Waals surface area contributed by atoms with Crippen LogP contribution in [0.25, 0.3) is 5.76 Å². The lowest BCUT2D eigenvalue weighted by atomic mass is 9.99. The zero-order valence-corrected chi connectivity index (χ0v) is 14.3. The molecule has 1 aliphatic carbocycles. The average Bonchev–Trinajstić information content (AvgIpc) is 3.32. The fraction of sp³-hybridized carbons (Fsp3) is 0.111. The highest BCUT2D eigenvalue weighted by Crippen LogP contribution is 2.33. The van der Waals surface area contributed by atoms with Crippen LogP contribution in [-0.2, 0) is 4.84 Å². The Morgan fingerprint density at radius 3 is 2.42 bits per heavy atom. The van der Waals surface area contributed by atoms with Crippen molar-refractivity contribution in [3.05, 3.63) is 86.4 Å². The van der Waals surface area contributed by atoms with E-state index in [9.17, 15) is 10.4 Å². The van der Waals surface area contributed by atoms with E-state index in [1.807, 2.05) is 12.1 Å². The molecule has 0 fully saturated rings. The Balaban J connectivity index is 1.83. The maximum absolute atomic E-state index is 10.9. The first kappa shape index (κ1) is 16.3. The fourth-order valence-electron chi connectivity index (χ4n) is 2.87. The highest BCUT2D eigenvalue weighted by atomic mass is 35.5. The van der Waals surface area contributed by atoms with E-state index in [0.29, 0.717) is 23.0 Å². The third-order valence-electron chi connectivity index (χ3n) is 4.12. The lowest BCUT2D eigenvalue weighted by molar-refractivity contribution is -0.377. The number of hydrogen-bond acceptors (Lipinski definition) is 6. The Bertz CT molecular complexity index is 918. The van der Waals surface area contributed by atoms with Crippen LogP contribution >= 0.6 is 11.6 Å². The van der Waals surface area contributed by atoms with Crippen LogP contribution in [0.2, 0.25) is 5.02 Å². The first-order chi connectivity index (χ1) is 12.6. The summed E-state index contributed by atoms with van der Waals surface area (Å²) >= 11 is 5.98. The van der Waals surface area contributed by atoms with Crippen molar-refractivity contribution in [2.45, 2.75) is 0 Å². The van der Waals surface area contributed by atoms with Gasteiger partial charge >= 0.3 is 0 Å². The van der Waals surface area contributed by atoms with Crippen LogP contribution in [-0.4, -0.2) is 29.5 Å². The monoisotopic (exact) mass is 369 g/mol. The molecule has 0 bridgehead atoms. The Hall–Kier alpha value is -3.19. The smallest absolute Gasteiger partial charge is 0.222 e. The van der Waals surface area contributed by atoms with Crippen LogP contribution in [0, 0.1) is 10.4 Å². The van der Waals surface area contributed by atoms with E-state index in [-0.39, 0.29) is 5.71 Å². The number of nitrogens with zero attached hydrogens (tertiary/aromatic N) is 2. The standard InChI is InChI=1S/C18H14ClN4O3/c19-13-5-1-12(2-6-13)17-15(18-20-9-10-21-18)16(22-26-17)11-3-7-14(8-4-11)23(24)25/h1-8,22H,9-10H2,(H-,20,21,24,25)/q-1. The predicted molar refractivity (Wildman–Crippen MR) is 100 cm³/mol. The minimum absolute atomic E-state index is 0.0352. The van der Waals surface area contributed by atoms with E-state index < -0.39 is 4.90 Å². The number of halogens is 1. The Morgan fingerprint density at radius 1 is 1.08 bits per heavy atom. The molecule has 4 rings (SSSR count). The van der Waals surface area contributed by atoms with Crippen molar-refractivity contribution in [3.63, 3.8) is 0 Å². The van der Waals surface area contributed by atoms with Crippen molar-refractivity contribution < 1.29 is 9.74 Å². The molecular weight excluding hydrogens is 356 g/mol. The summed E-state index contributed by atoms with van der Waals surface area (Å²) in [4.78, 5) is 9.82. The van der Waals surface area contributed by atoms with Crippen LogP contribution in [0.15, 0.2) is 70.4 Å². The Kier molecular flexibility index (Phi) is 4.14. The average molecular weight is 370 g/mol. The Morgan fingerprint density at radius 2 is 1.81 bits per heavy atom. The van der Waals surface area contributed by atoms with Gasteiger partial charge in [0.1, 0.15) is 5.84 Å². The van der Waals surface area contributed by atoms with Crippen LogP contribution in [0.3, 0.4) is 0 Å². The maximum Gasteiger partial charge on any atom is 0.222 e. The molecule has 1 aromatic rings. The first-order valence-corrected chi connectivity index (χ1v) is 8.35. The Labute approximate surface area is 154 Å². The van der Waals surface area contributed by atoms with E-state index in [1.165, 1.54) is 12.2 Å². The summed E-state index contributed by atoms with van der Waals surface area (Å²) < 4.78 is 0. The molecule has 132 valence electrons. The highest BCUT2D eigenvalue weighted by molar-refractivity contribution is 6.30. The number of benzene rings is 1. The van der Waals surface area contributed by atoms with Crippen LogP contribution < -0.4 is 10.8 Å². The molecule has 0 aromatic heterocycles. The number of hydroxylamine groups is 1. The molecule has 0 saturated carbocycles. The topological polar surface area (TPSA) is 94.8 Å². The van der Waals surface area contributed by atoms with Gasteiger partial charge in [-0.25, -0.2) is 5.48 Å². The van der Waals surface area contributed by atoms with Crippen molar-refractivity contribution in [1.29, 1.82) is 0 Å². The summed E-state index contributed by atoms with van der Waals surface area (Å²) in [5.74, 6) is 1.36. The SMILES string of the molecule is [O-][N+]([O-])=C1C=CC(=C2NOC(c3ccc(Cl)cc3)=C2C2=NCCN2)C=C1. The zero-order chi connectivity index (χ0) is 18.1. The summed E-state index contributed by atoms with van der Waals surface area (Å²) in [6, 6.07) is 7.32. The molecule has 2 aliphatic heterocycles. The van der Waals surface area contributed by atoms with Crippen molar-refractivity contribution in [2.75, 3.05) is 13.1 Å². The number of allylic oxidation sites excluding steroid dienone is 5. The molecule has 26 heavy (non-hydrogen) atoms. The molecule has 0 spiro atoms. The molecule has 0 amide bonds. The molecule has 2 heterocycles. The van der Waals surface area contributed by atoms with Crippen LogP contribution in [0.5, 0.6) is 0 Å². The second-order valence-electron chi connectivity index (χ2n) is 5.75. The molecular formula is C18H14ClN4O3-. The molecule has 1 aromatic carbocycles. The number of rotatable bonds is 2. The van der Waals surface area contributed by atoms with Gasteiger partial charge < -0.3 is 20.6 Å². The number of hydrogen-bond donors (Lipinski definition) is 2. The van der Waals surface area contributed by atoms with Gasteiger partial charge in [-0.1, -0.05) is 11.6 Å². The van der Waals surface area contributed by atoms with Gasteiger partial charge in [0.15, 0.2) is 5.76 Å². The summed E-state index contributed by atoms with van der Waals surface area (Å²) in [5, 5.41) is 25.7. The van der Waals surface area contributed by atoms with Crippen molar-refractivity contribution in [1.82, 2.24) is 10.8 Å². The number of amidine groups is 1. The van der Waals surface area contributed by atoms with Crippen molar-refractivity contribution >= 4 is 28.9 Å². The molecule has 0 atom stereocenters. The van der Waals surface area contributed by atoms with Gasteiger partial charge in [0.2, 0.25) is 5.71 Å². The molecule has 7 nitrogen and oxygen atoms in total. The summed E-state index contributed by atoms with van der Waals surface area (Å²) in [6.07, 6.45) is 6.30. The van der Waals surface area contributed by atoms with E-state index in [0.717, 1.165) is 29.1 Å². The normalized spacial score (nSPS) is 18.7. The lowest BCUT2D eigenvalue weighted by Gasteiger charge is -2.11. The number of nitrogens with one attached hydrogen (secondary N) is 2. The second-order valence-corrected chi connectivity index (χ2v) is 6.19. The quantitative estimate of drug-likeness (QED) is 0.616. The molecule has 0 saturated heterocycles. The minimum atomic E-state index is -0.425. The van der Waals surface area contributed by atoms with E-state index in [1.54, 1.807) is 24.3 Å². The molecule has 3 aliphatic rings. The van der Waals surface area contributed by atoms with Gasteiger partial charge in [-0.05, 0) is 36.4 Å². The maximum atomic E-state index is 10.9. The van der Waals surface area contributed by atoms with Crippen molar-refractivity contribution in [3.8, 4) is 0 Å². The van der Waals surface area contributed by atoms with Gasteiger partial charge in [0.05, 0.1) is 17.8 Å². The zero-order valence-electron chi connectivity index (χ0n) is 13.5. The van der Waals surface area contributed by atoms with Gasteiger partial charge in [0.25, 0.3) is 0 Å². The molecule has 0 unspecified atom stereocenters. The van der Waals surface area contributed by atoms with Crippen LogP contribution in [0.4, 0.5) is 0 Å². The summed E-state index contributed by atoms with van der Waals surface area (Å²) in [7, 11) is 0. The second kappa shape index (κ2) is 6.61. The summed E-state index contributed by atoms with van der Waals surface area (Å²) in [5.41, 5.74) is 6.08. The molecule has 2 N–H and O–H groups in total. The van der Waals surface area contributed by atoms with Crippen molar-refractivity contribution in [2.24, 2.45) is 4.99 Å². The van der Waals surface area contributed by atoms with E-state index in [4.69, 9.17) is 16.4 Å². The fourth-order valence-corrected chi connectivity index (χ4v) is 2.99. The van der Waals surface area contributed by atoms with Crippen LogP contribution in [0.1, 0.15) is 5.56 Å². The number of aliphatic imine (C=N–C) groups is 1. The third kappa shape index (κ3) is 2.93. The highest BCUT2D eigenvalue weighted by Gasteiger charge is 2.30.